The highest BCUT2D eigenvalue weighted by Gasteiger charge is 2.27. The van der Waals surface area contributed by atoms with Gasteiger partial charge in [0.2, 0.25) is 15.9 Å². The minimum absolute atomic E-state index is 0.157. The molecule has 26 heavy (non-hydrogen) atoms. The van der Waals surface area contributed by atoms with Gasteiger partial charge in [0, 0.05) is 24.5 Å². The molecule has 0 bridgehead atoms. The van der Waals surface area contributed by atoms with Gasteiger partial charge in [0.05, 0.1) is 17.2 Å². The molecule has 142 valence electrons. The molecule has 2 heterocycles. The largest absolute Gasteiger partial charge is 0.325 e. The maximum atomic E-state index is 12.9. The van der Waals surface area contributed by atoms with Crippen LogP contribution in [-0.2, 0) is 14.8 Å². The van der Waals surface area contributed by atoms with E-state index in [4.69, 9.17) is 0 Å². The van der Waals surface area contributed by atoms with Crippen LogP contribution in [0.4, 0.5) is 5.69 Å². The fraction of sp³-hybridized carbons (Fsp3) is 0.529. The van der Waals surface area contributed by atoms with E-state index in [0.717, 1.165) is 35.9 Å². The Kier molecular flexibility index (Phi) is 6.65. The van der Waals surface area contributed by atoms with Crippen molar-refractivity contribution >= 4 is 49.5 Å². The summed E-state index contributed by atoms with van der Waals surface area (Å²) in [6, 6.07) is 5.06. The zero-order valence-corrected chi connectivity index (χ0v) is 17.2. The number of nitrogens with one attached hydrogen (secondary N) is 1. The second-order valence-corrected chi connectivity index (χ2v) is 10.5. The Bertz CT molecular complexity index is 803. The number of hydrogen-bond donors (Lipinski definition) is 1. The van der Waals surface area contributed by atoms with Crippen molar-refractivity contribution in [3.63, 3.8) is 0 Å². The third kappa shape index (κ3) is 4.82. The first-order valence-electron chi connectivity index (χ1n) is 8.67. The highest BCUT2D eigenvalue weighted by atomic mass is 32.2. The maximum absolute atomic E-state index is 12.9. The number of thioether (sulfide) groups is 2. The molecule has 1 aromatic rings. The Hall–Kier alpha value is -1.03. The van der Waals surface area contributed by atoms with E-state index in [9.17, 15) is 13.2 Å². The lowest BCUT2D eigenvalue weighted by molar-refractivity contribution is -0.113. The topological polar surface area (TPSA) is 78.8 Å². The minimum Gasteiger partial charge on any atom is -0.325 e. The van der Waals surface area contributed by atoms with Crippen LogP contribution in [0.3, 0.4) is 0 Å². The predicted octanol–water partition coefficient (Wildman–Crippen LogP) is 2.94. The lowest BCUT2D eigenvalue weighted by Gasteiger charge is -2.26. The van der Waals surface area contributed by atoms with E-state index in [-0.39, 0.29) is 16.6 Å². The number of sulfonamides is 1. The maximum Gasteiger partial charge on any atom is 0.243 e. The summed E-state index contributed by atoms with van der Waals surface area (Å²) in [6.07, 6.45) is 2.87. The zero-order valence-electron chi connectivity index (χ0n) is 14.7. The average Bonchev–Trinajstić information content (AvgIpc) is 3.16. The lowest BCUT2D eigenvalue weighted by Crippen LogP contribution is -2.36. The van der Waals surface area contributed by atoms with Crippen LogP contribution in [-0.4, -0.2) is 54.1 Å². The van der Waals surface area contributed by atoms with E-state index in [0.29, 0.717) is 24.3 Å². The molecule has 1 saturated heterocycles. The molecule has 0 radical (unpaired) electrons. The number of carbonyl (C=O) groups is 1. The van der Waals surface area contributed by atoms with Gasteiger partial charge < -0.3 is 5.32 Å². The van der Waals surface area contributed by atoms with Crippen molar-refractivity contribution in [2.24, 2.45) is 4.99 Å². The Labute approximate surface area is 163 Å². The first-order chi connectivity index (χ1) is 12.5. The predicted molar refractivity (Wildman–Crippen MR) is 110 cm³/mol. The molecule has 1 fully saturated rings. The molecule has 0 aromatic heterocycles. The number of carbonyl (C=O) groups excluding carboxylic acids is 1. The Morgan fingerprint density at radius 3 is 2.77 bits per heavy atom. The fourth-order valence-corrected chi connectivity index (χ4v) is 6.50. The van der Waals surface area contributed by atoms with E-state index in [1.165, 1.54) is 11.8 Å². The first-order valence-corrected chi connectivity index (χ1v) is 12.1. The van der Waals surface area contributed by atoms with Crippen LogP contribution < -0.4 is 5.32 Å². The molecule has 6 nitrogen and oxygen atoms in total. The van der Waals surface area contributed by atoms with Gasteiger partial charge in [0.25, 0.3) is 0 Å². The van der Waals surface area contributed by atoms with Gasteiger partial charge in [-0.15, -0.1) is 0 Å². The molecule has 0 saturated carbocycles. The summed E-state index contributed by atoms with van der Waals surface area (Å²) >= 11 is 3.08. The van der Waals surface area contributed by atoms with Crippen molar-refractivity contribution in [2.75, 3.05) is 36.5 Å². The summed E-state index contributed by atoms with van der Waals surface area (Å²) in [5, 5.41) is 2.80. The average molecular weight is 414 g/mol. The third-order valence-electron chi connectivity index (χ3n) is 4.29. The smallest absolute Gasteiger partial charge is 0.243 e. The standard InChI is InChI=1S/C17H23N3O3S3/c1-13-5-6-14(19-16(21)12-25-17-18-7-10-24-17)11-15(13)26(22,23)20-8-3-2-4-9-20/h5-6,11H,2-4,7-10,12H2,1H3,(H,19,21). The number of piperidine rings is 1. The molecule has 2 aliphatic rings. The van der Waals surface area contributed by atoms with Gasteiger partial charge in [-0.25, -0.2) is 8.42 Å². The summed E-state index contributed by atoms with van der Waals surface area (Å²) in [6.45, 7) is 3.72. The fourth-order valence-electron chi connectivity index (χ4n) is 2.93. The Balaban J connectivity index is 1.69. The second kappa shape index (κ2) is 8.77. The van der Waals surface area contributed by atoms with Crippen molar-refractivity contribution in [1.82, 2.24) is 4.31 Å². The van der Waals surface area contributed by atoms with Gasteiger partial charge in [0.15, 0.2) is 0 Å². The van der Waals surface area contributed by atoms with Gasteiger partial charge in [-0.05, 0) is 37.5 Å². The third-order valence-corrected chi connectivity index (χ3v) is 8.58. The molecule has 1 aromatic carbocycles. The minimum atomic E-state index is -3.52. The number of aryl methyl sites for hydroxylation is 1. The monoisotopic (exact) mass is 413 g/mol. The van der Waals surface area contributed by atoms with Crippen LogP contribution in [0.2, 0.25) is 0 Å². The van der Waals surface area contributed by atoms with Crippen molar-refractivity contribution in [3.05, 3.63) is 23.8 Å². The molecule has 0 unspecified atom stereocenters. The summed E-state index contributed by atoms with van der Waals surface area (Å²) in [5.41, 5.74) is 1.21. The number of nitrogens with zero attached hydrogens (tertiary/aromatic N) is 2. The Morgan fingerprint density at radius 1 is 1.31 bits per heavy atom. The highest BCUT2D eigenvalue weighted by Crippen LogP contribution is 2.26. The number of hydrogen-bond acceptors (Lipinski definition) is 6. The van der Waals surface area contributed by atoms with Crippen molar-refractivity contribution in [3.8, 4) is 0 Å². The molecule has 0 aliphatic carbocycles. The van der Waals surface area contributed by atoms with Crippen LogP contribution in [0.1, 0.15) is 24.8 Å². The number of amides is 1. The molecular formula is C17H23N3O3S3. The highest BCUT2D eigenvalue weighted by molar-refractivity contribution is 8.39. The number of rotatable bonds is 5. The van der Waals surface area contributed by atoms with Gasteiger partial charge in [-0.3, -0.25) is 9.79 Å². The SMILES string of the molecule is Cc1ccc(NC(=O)CSC2=NCCS2)cc1S(=O)(=O)N1CCCCC1. The Morgan fingerprint density at radius 2 is 2.08 bits per heavy atom. The molecule has 1 amide bonds. The molecule has 0 atom stereocenters. The van der Waals surface area contributed by atoms with Crippen molar-refractivity contribution < 1.29 is 13.2 Å². The van der Waals surface area contributed by atoms with Crippen molar-refractivity contribution in [2.45, 2.75) is 31.1 Å². The number of anilines is 1. The molecule has 9 heteroatoms. The molecule has 0 spiro atoms. The summed E-state index contributed by atoms with van der Waals surface area (Å²) in [4.78, 5) is 16.7. The van der Waals surface area contributed by atoms with Gasteiger partial charge in [-0.1, -0.05) is 36.0 Å². The summed E-state index contributed by atoms with van der Waals surface area (Å²) in [7, 11) is -3.52. The lowest BCUT2D eigenvalue weighted by atomic mass is 10.2. The van der Waals surface area contributed by atoms with E-state index in [2.05, 4.69) is 10.3 Å². The van der Waals surface area contributed by atoms with Gasteiger partial charge >= 0.3 is 0 Å². The quantitative estimate of drug-likeness (QED) is 0.803. The van der Waals surface area contributed by atoms with E-state index in [1.54, 1.807) is 41.2 Å². The van der Waals surface area contributed by atoms with E-state index < -0.39 is 10.0 Å². The number of benzene rings is 1. The van der Waals surface area contributed by atoms with E-state index in [1.807, 2.05) is 0 Å². The first kappa shape index (κ1) is 19.7. The summed E-state index contributed by atoms with van der Waals surface area (Å²) < 4.78 is 28.4. The molecule has 1 N–H and O–H groups in total. The van der Waals surface area contributed by atoms with Gasteiger partial charge in [0.1, 0.15) is 4.38 Å². The van der Waals surface area contributed by atoms with Crippen LogP contribution in [0.5, 0.6) is 0 Å². The van der Waals surface area contributed by atoms with Crippen LogP contribution in [0.25, 0.3) is 0 Å². The molecule has 2 aliphatic heterocycles. The normalized spacial score (nSPS) is 18.6. The van der Waals surface area contributed by atoms with Crippen LogP contribution >= 0.6 is 23.5 Å². The van der Waals surface area contributed by atoms with Crippen molar-refractivity contribution in [1.29, 1.82) is 0 Å². The molecule has 3 rings (SSSR count). The van der Waals surface area contributed by atoms with Gasteiger partial charge in [-0.2, -0.15) is 4.31 Å². The van der Waals surface area contributed by atoms with Crippen LogP contribution in [0, 0.1) is 6.92 Å². The summed E-state index contributed by atoms with van der Waals surface area (Å²) in [5.74, 6) is 1.09. The van der Waals surface area contributed by atoms with Crippen LogP contribution in [0.15, 0.2) is 28.1 Å². The number of aliphatic imine (C=N–C) groups is 1. The second-order valence-electron chi connectivity index (χ2n) is 6.28. The molecular weight excluding hydrogens is 390 g/mol. The van der Waals surface area contributed by atoms with E-state index >= 15 is 0 Å². The zero-order chi connectivity index (χ0) is 18.6.